The maximum atomic E-state index is 15.2. The summed E-state index contributed by atoms with van der Waals surface area (Å²) in [5.74, 6) is -4.67. The van der Waals surface area contributed by atoms with Gasteiger partial charge in [-0.3, -0.25) is 14.4 Å². The monoisotopic (exact) mass is 505 g/mol. The van der Waals surface area contributed by atoms with Crippen LogP contribution in [0.15, 0.2) is 51.9 Å². The normalized spacial score (nSPS) is 20.1. The van der Waals surface area contributed by atoms with Gasteiger partial charge < -0.3 is 20.1 Å². The second-order valence-electron chi connectivity index (χ2n) is 8.82. The minimum Gasteiger partial charge on any atom is -0.368 e. The topological polar surface area (TPSA) is 97.9 Å². The molecule has 190 valence electrons. The Kier molecular flexibility index (Phi) is 6.81. The number of aromatic nitrogens is 1. The molecule has 2 aliphatic rings. The molecule has 3 heterocycles. The summed E-state index contributed by atoms with van der Waals surface area (Å²) >= 11 is 0. The van der Waals surface area contributed by atoms with Crippen molar-refractivity contribution in [1.82, 2.24) is 9.88 Å². The van der Waals surface area contributed by atoms with Crippen LogP contribution in [0.25, 0.3) is 11.1 Å². The van der Waals surface area contributed by atoms with Crippen molar-refractivity contribution in [2.45, 2.75) is 18.6 Å². The summed E-state index contributed by atoms with van der Waals surface area (Å²) in [6.45, 7) is 1.05. The fourth-order valence-corrected chi connectivity index (χ4v) is 4.27. The van der Waals surface area contributed by atoms with E-state index < -0.39 is 40.9 Å². The number of rotatable bonds is 5. The highest BCUT2D eigenvalue weighted by molar-refractivity contribution is 6.11. The predicted molar refractivity (Wildman–Crippen MR) is 127 cm³/mol. The average molecular weight is 505 g/mol. The number of H-pyrrole nitrogens is 1. The Morgan fingerprint density at radius 2 is 1.97 bits per heavy atom. The van der Waals surface area contributed by atoms with Crippen molar-refractivity contribution in [3.8, 4) is 11.1 Å². The van der Waals surface area contributed by atoms with Crippen LogP contribution in [-0.4, -0.2) is 67.3 Å². The van der Waals surface area contributed by atoms with E-state index in [0.29, 0.717) is 36.6 Å². The first-order valence-corrected chi connectivity index (χ1v) is 11.1. The first-order chi connectivity index (χ1) is 16.9. The summed E-state index contributed by atoms with van der Waals surface area (Å²) < 4.78 is 55.8. The van der Waals surface area contributed by atoms with Crippen LogP contribution >= 0.6 is 0 Å². The van der Waals surface area contributed by atoms with E-state index in [1.807, 2.05) is 23.9 Å². The van der Waals surface area contributed by atoms with Gasteiger partial charge in [0.15, 0.2) is 0 Å². The lowest BCUT2D eigenvalue weighted by molar-refractivity contribution is -0.124. The van der Waals surface area contributed by atoms with Crippen molar-refractivity contribution in [2.75, 3.05) is 37.4 Å². The summed E-state index contributed by atoms with van der Waals surface area (Å²) in [5.41, 5.74) is -0.990. The smallest absolute Gasteiger partial charge is 0.368 e. The number of likely N-dealkylation sites (N-methyl/N-ethyl adjacent to an activating group) is 1. The number of alkyl halides is 3. The van der Waals surface area contributed by atoms with Crippen LogP contribution in [0.5, 0.6) is 0 Å². The van der Waals surface area contributed by atoms with Gasteiger partial charge in [-0.1, -0.05) is 0 Å². The third-order valence-electron chi connectivity index (χ3n) is 6.25. The molecule has 1 aromatic heterocycles. The summed E-state index contributed by atoms with van der Waals surface area (Å²) in [7, 11) is 3.82. The SMILES string of the molecule is CN(C)[C@@H]1CCN(c2cc(F)c(-c3ccc(=O)[nH]c3)cc2NC(=O)C2C=NC(=O)C=C2C(F)(F)F)C1. The lowest BCUT2D eigenvalue weighted by Gasteiger charge is -2.26. The van der Waals surface area contributed by atoms with Crippen LogP contribution in [0.4, 0.5) is 28.9 Å². The summed E-state index contributed by atoms with van der Waals surface area (Å²) in [4.78, 5) is 45.5. The number of dihydropyridines is 1. The van der Waals surface area contributed by atoms with E-state index in [1.54, 1.807) is 0 Å². The zero-order valence-corrected chi connectivity index (χ0v) is 19.4. The molecule has 36 heavy (non-hydrogen) atoms. The van der Waals surface area contributed by atoms with Gasteiger partial charge in [-0.2, -0.15) is 13.2 Å². The van der Waals surface area contributed by atoms with Gasteiger partial charge >= 0.3 is 6.18 Å². The molecule has 0 radical (unpaired) electrons. The molecule has 0 spiro atoms. The number of nitrogens with one attached hydrogen (secondary N) is 2. The molecule has 2 atom stereocenters. The molecule has 12 heteroatoms. The maximum Gasteiger partial charge on any atom is 0.414 e. The molecule has 4 rings (SSSR count). The lowest BCUT2D eigenvalue weighted by Crippen LogP contribution is -2.35. The Morgan fingerprint density at radius 1 is 1.22 bits per heavy atom. The molecule has 0 bridgehead atoms. The van der Waals surface area contributed by atoms with Crippen LogP contribution in [0, 0.1) is 11.7 Å². The average Bonchev–Trinajstić information content (AvgIpc) is 3.30. The van der Waals surface area contributed by atoms with E-state index in [2.05, 4.69) is 15.3 Å². The first-order valence-electron chi connectivity index (χ1n) is 11.1. The van der Waals surface area contributed by atoms with Gasteiger partial charge in [-0.05, 0) is 38.7 Å². The van der Waals surface area contributed by atoms with E-state index in [9.17, 15) is 27.6 Å². The number of anilines is 2. The molecule has 2 N–H and O–H groups in total. The van der Waals surface area contributed by atoms with Gasteiger partial charge in [0.1, 0.15) is 11.7 Å². The lowest BCUT2D eigenvalue weighted by atomic mass is 9.95. The molecule has 2 aliphatic heterocycles. The molecule has 1 saturated heterocycles. The second kappa shape index (κ2) is 9.69. The van der Waals surface area contributed by atoms with Crippen LogP contribution in [0.1, 0.15) is 6.42 Å². The summed E-state index contributed by atoms with van der Waals surface area (Å²) in [5, 5.41) is 2.49. The number of hydrogen-bond acceptors (Lipinski definition) is 5. The third kappa shape index (κ3) is 5.23. The quantitative estimate of drug-likeness (QED) is 0.609. The number of carbonyl (C=O) groups excluding carboxylic acids is 2. The van der Waals surface area contributed by atoms with E-state index in [-0.39, 0.29) is 17.3 Å². The van der Waals surface area contributed by atoms with E-state index in [0.717, 1.165) is 6.42 Å². The molecule has 2 aromatic rings. The van der Waals surface area contributed by atoms with E-state index in [4.69, 9.17) is 0 Å². The molecule has 1 fully saturated rings. The maximum absolute atomic E-state index is 15.2. The van der Waals surface area contributed by atoms with Gasteiger partial charge in [0, 0.05) is 54.8 Å². The van der Waals surface area contributed by atoms with Gasteiger partial charge in [0.05, 0.1) is 16.9 Å². The number of nitrogens with zero attached hydrogens (tertiary/aromatic N) is 3. The number of hydrogen-bond donors (Lipinski definition) is 2. The zero-order chi connectivity index (χ0) is 26.2. The Morgan fingerprint density at radius 3 is 2.58 bits per heavy atom. The molecule has 1 unspecified atom stereocenters. The number of aromatic amines is 1. The fourth-order valence-electron chi connectivity index (χ4n) is 4.27. The second-order valence-corrected chi connectivity index (χ2v) is 8.82. The molecule has 1 aromatic carbocycles. The molecular weight excluding hydrogens is 482 g/mol. The number of carbonyl (C=O) groups is 2. The van der Waals surface area contributed by atoms with Crippen LogP contribution in [0.2, 0.25) is 0 Å². The fraction of sp³-hybridized carbons (Fsp3) is 0.333. The van der Waals surface area contributed by atoms with Crippen molar-refractivity contribution in [2.24, 2.45) is 10.9 Å². The van der Waals surface area contributed by atoms with Gasteiger partial charge in [0.25, 0.3) is 5.91 Å². The van der Waals surface area contributed by atoms with Gasteiger partial charge in [-0.15, -0.1) is 0 Å². The Hall–Kier alpha value is -3.80. The number of amides is 2. The minimum absolute atomic E-state index is 0.0349. The molecule has 0 saturated carbocycles. The number of benzene rings is 1. The van der Waals surface area contributed by atoms with Crippen molar-refractivity contribution in [3.63, 3.8) is 0 Å². The van der Waals surface area contributed by atoms with Crippen molar-refractivity contribution < 1.29 is 27.2 Å². The van der Waals surface area contributed by atoms with Crippen LogP contribution in [-0.2, 0) is 9.59 Å². The number of aliphatic imine (C=N–C) groups is 1. The Labute approximate surface area is 203 Å². The molecule has 2 amide bonds. The molecule has 0 aliphatic carbocycles. The highest BCUT2D eigenvalue weighted by Crippen LogP contribution is 2.38. The predicted octanol–water partition coefficient (Wildman–Crippen LogP) is 2.98. The van der Waals surface area contributed by atoms with Gasteiger partial charge in [0.2, 0.25) is 11.5 Å². The molecular formula is C24H23F4N5O3. The molecule has 8 nitrogen and oxygen atoms in total. The standard InChI is InChI=1S/C24H23F4N5O3/c1-32(2)14-5-6-33(12-14)20-9-18(25)15(13-3-4-21(34)29-10-13)7-19(20)31-23(36)16-11-30-22(35)8-17(16)24(26,27)28/h3-4,7-11,14,16H,5-6,12H2,1-2H3,(H,29,34)(H,31,36)/t14-,16?/m1/s1. The van der Waals surface area contributed by atoms with Gasteiger partial charge in [-0.25, -0.2) is 9.38 Å². The highest BCUT2D eigenvalue weighted by Gasteiger charge is 2.43. The van der Waals surface area contributed by atoms with Crippen molar-refractivity contribution in [3.05, 3.63) is 58.3 Å². The Bertz CT molecular complexity index is 1300. The largest absolute Gasteiger partial charge is 0.414 e. The summed E-state index contributed by atoms with van der Waals surface area (Å²) in [6.07, 6.45) is -1.91. The highest BCUT2D eigenvalue weighted by atomic mass is 19.4. The third-order valence-corrected chi connectivity index (χ3v) is 6.25. The van der Waals surface area contributed by atoms with Crippen molar-refractivity contribution in [1.29, 1.82) is 0 Å². The van der Waals surface area contributed by atoms with E-state index in [1.165, 1.54) is 30.5 Å². The zero-order valence-electron chi connectivity index (χ0n) is 19.4. The van der Waals surface area contributed by atoms with Crippen LogP contribution in [0.3, 0.4) is 0 Å². The van der Waals surface area contributed by atoms with Crippen molar-refractivity contribution >= 4 is 29.4 Å². The summed E-state index contributed by atoms with van der Waals surface area (Å²) in [6, 6.07) is 5.30. The first kappa shape index (κ1) is 25.3. The number of halogens is 4. The Balaban J connectivity index is 1.74. The van der Waals surface area contributed by atoms with E-state index >= 15 is 4.39 Å². The van der Waals surface area contributed by atoms with Crippen LogP contribution < -0.4 is 15.8 Å². The minimum atomic E-state index is -4.93. The number of pyridine rings is 1.